The molecule has 2 aromatic carbocycles. The highest BCUT2D eigenvalue weighted by Gasteiger charge is 2.21. The summed E-state index contributed by atoms with van der Waals surface area (Å²) in [6.07, 6.45) is 0. The van der Waals surface area contributed by atoms with Crippen LogP contribution in [0.2, 0.25) is 0 Å². The summed E-state index contributed by atoms with van der Waals surface area (Å²) in [5.41, 5.74) is 2.32. The Kier molecular flexibility index (Phi) is 5.34. The van der Waals surface area contributed by atoms with Gasteiger partial charge in [0.2, 0.25) is 0 Å². The number of aryl methyl sites for hydroxylation is 2. The third kappa shape index (κ3) is 4.10. The molecule has 0 saturated heterocycles. The van der Waals surface area contributed by atoms with E-state index in [9.17, 15) is 9.59 Å². The molecule has 0 fully saturated rings. The van der Waals surface area contributed by atoms with Crippen molar-refractivity contribution in [1.29, 1.82) is 0 Å². The monoisotopic (exact) mass is 404 g/mol. The molecule has 2 aromatic heterocycles. The molecule has 0 aliphatic carbocycles. The Morgan fingerprint density at radius 2 is 1.83 bits per heavy atom. The average Bonchev–Trinajstić information content (AvgIpc) is 3.07. The number of hydrogen-bond donors (Lipinski definition) is 0. The molecule has 4 aromatic rings. The predicted octanol–water partition coefficient (Wildman–Crippen LogP) is 4.01. The SMILES string of the molecule is Cc1noc(C)c1CN(C(=O)COc1ccc2ccc(=O)oc2c1)c1ccccc1. The van der Waals surface area contributed by atoms with Crippen molar-refractivity contribution in [3.8, 4) is 5.75 Å². The Morgan fingerprint density at radius 3 is 2.57 bits per heavy atom. The number of nitrogens with zero attached hydrogens (tertiary/aromatic N) is 2. The topological polar surface area (TPSA) is 85.8 Å². The fourth-order valence-corrected chi connectivity index (χ4v) is 3.17. The van der Waals surface area contributed by atoms with Crippen molar-refractivity contribution < 1.29 is 18.5 Å². The van der Waals surface area contributed by atoms with Gasteiger partial charge < -0.3 is 18.6 Å². The number of aromatic nitrogens is 1. The lowest BCUT2D eigenvalue weighted by atomic mass is 10.1. The maximum absolute atomic E-state index is 13.1. The number of rotatable bonds is 6. The molecule has 1 amide bonds. The zero-order chi connectivity index (χ0) is 21.1. The summed E-state index contributed by atoms with van der Waals surface area (Å²) in [4.78, 5) is 26.1. The van der Waals surface area contributed by atoms with Gasteiger partial charge in [-0.3, -0.25) is 4.79 Å². The molecule has 0 radical (unpaired) electrons. The molecule has 0 atom stereocenters. The van der Waals surface area contributed by atoms with Crippen molar-refractivity contribution in [3.63, 3.8) is 0 Å². The number of carbonyl (C=O) groups is 1. The summed E-state index contributed by atoms with van der Waals surface area (Å²) in [6.45, 7) is 3.81. The number of amides is 1. The number of hydrogen-bond acceptors (Lipinski definition) is 6. The normalized spacial score (nSPS) is 10.9. The summed E-state index contributed by atoms with van der Waals surface area (Å²) >= 11 is 0. The Morgan fingerprint density at radius 1 is 1.07 bits per heavy atom. The van der Waals surface area contributed by atoms with Crippen molar-refractivity contribution in [1.82, 2.24) is 5.16 Å². The van der Waals surface area contributed by atoms with Crippen LogP contribution in [0.5, 0.6) is 5.75 Å². The highest BCUT2D eigenvalue weighted by Crippen LogP contribution is 2.23. The fourth-order valence-electron chi connectivity index (χ4n) is 3.17. The van der Waals surface area contributed by atoms with E-state index in [1.807, 2.05) is 44.2 Å². The minimum atomic E-state index is -0.439. The first-order chi connectivity index (χ1) is 14.5. The zero-order valence-electron chi connectivity index (χ0n) is 16.6. The average molecular weight is 404 g/mol. The molecule has 7 nitrogen and oxygen atoms in total. The van der Waals surface area contributed by atoms with Gasteiger partial charge in [-0.15, -0.1) is 0 Å². The maximum Gasteiger partial charge on any atom is 0.336 e. The van der Waals surface area contributed by atoms with E-state index < -0.39 is 5.63 Å². The van der Waals surface area contributed by atoms with E-state index in [4.69, 9.17) is 13.7 Å². The lowest BCUT2D eigenvalue weighted by Gasteiger charge is -2.23. The lowest BCUT2D eigenvalue weighted by Crippen LogP contribution is -2.34. The van der Waals surface area contributed by atoms with E-state index in [0.29, 0.717) is 23.6 Å². The van der Waals surface area contributed by atoms with Gasteiger partial charge in [-0.05, 0) is 44.2 Å². The van der Waals surface area contributed by atoms with Crippen LogP contribution in [-0.2, 0) is 11.3 Å². The van der Waals surface area contributed by atoms with E-state index in [1.165, 1.54) is 6.07 Å². The molecule has 0 unspecified atom stereocenters. The number of benzene rings is 2. The smallest absolute Gasteiger partial charge is 0.336 e. The van der Waals surface area contributed by atoms with Gasteiger partial charge >= 0.3 is 5.63 Å². The second-order valence-electron chi connectivity index (χ2n) is 6.86. The first-order valence-electron chi connectivity index (χ1n) is 9.45. The van der Waals surface area contributed by atoms with E-state index in [1.54, 1.807) is 29.2 Å². The molecule has 7 heteroatoms. The van der Waals surface area contributed by atoms with E-state index >= 15 is 0 Å². The van der Waals surface area contributed by atoms with Crippen LogP contribution in [0.25, 0.3) is 11.0 Å². The molecule has 4 rings (SSSR count). The molecular weight excluding hydrogens is 384 g/mol. The van der Waals surface area contributed by atoms with Crippen molar-refractivity contribution >= 4 is 22.6 Å². The first kappa shape index (κ1) is 19.4. The fraction of sp³-hybridized carbons (Fsp3) is 0.174. The van der Waals surface area contributed by atoms with Crippen LogP contribution in [0.4, 0.5) is 5.69 Å². The van der Waals surface area contributed by atoms with Gasteiger partial charge in [0.05, 0.1) is 12.2 Å². The van der Waals surface area contributed by atoms with Crippen LogP contribution in [0.15, 0.2) is 74.4 Å². The van der Waals surface area contributed by atoms with Gasteiger partial charge in [-0.1, -0.05) is 23.4 Å². The van der Waals surface area contributed by atoms with Crippen LogP contribution in [-0.4, -0.2) is 17.7 Å². The zero-order valence-corrected chi connectivity index (χ0v) is 16.6. The number of para-hydroxylation sites is 1. The Balaban J connectivity index is 1.55. The van der Waals surface area contributed by atoms with Gasteiger partial charge in [0.15, 0.2) is 6.61 Å². The Labute approximate surface area is 172 Å². The van der Waals surface area contributed by atoms with Gasteiger partial charge in [0, 0.05) is 28.8 Å². The molecule has 0 N–H and O–H groups in total. The van der Waals surface area contributed by atoms with Crippen LogP contribution in [0.1, 0.15) is 17.0 Å². The molecule has 0 bridgehead atoms. The van der Waals surface area contributed by atoms with Crippen LogP contribution in [0, 0.1) is 13.8 Å². The molecule has 0 aliphatic heterocycles. The second-order valence-corrected chi connectivity index (χ2v) is 6.86. The van der Waals surface area contributed by atoms with Gasteiger partial charge in [0.25, 0.3) is 5.91 Å². The van der Waals surface area contributed by atoms with Gasteiger partial charge in [-0.25, -0.2) is 4.79 Å². The Hall–Kier alpha value is -3.87. The van der Waals surface area contributed by atoms with E-state index in [0.717, 1.165) is 22.3 Å². The summed E-state index contributed by atoms with van der Waals surface area (Å²) in [5, 5.41) is 4.75. The number of fused-ring (bicyclic) bond motifs is 1. The van der Waals surface area contributed by atoms with Crippen molar-refractivity contribution in [2.75, 3.05) is 11.5 Å². The molecule has 30 heavy (non-hydrogen) atoms. The maximum atomic E-state index is 13.1. The van der Waals surface area contributed by atoms with E-state index in [2.05, 4.69) is 5.16 Å². The molecule has 0 spiro atoms. The third-order valence-corrected chi connectivity index (χ3v) is 4.82. The summed E-state index contributed by atoms with van der Waals surface area (Å²) in [7, 11) is 0. The molecule has 0 saturated carbocycles. The third-order valence-electron chi connectivity index (χ3n) is 4.82. The lowest BCUT2D eigenvalue weighted by molar-refractivity contribution is -0.120. The molecular formula is C23H20N2O5. The summed E-state index contributed by atoms with van der Waals surface area (Å²) in [5.74, 6) is 0.887. The van der Waals surface area contributed by atoms with Gasteiger partial charge in [-0.2, -0.15) is 0 Å². The molecule has 152 valence electrons. The van der Waals surface area contributed by atoms with Crippen molar-refractivity contribution in [2.45, 2.75) is 20.4 Å². The largest absolute Gasteiger partial charge is 0.484 e. The van der Waals surface area contributed by atoms with Crippen LogP contribution < -0.4 is 15.3 Å². The van der Waals surface area contributed by atoms with Gasteiger partial charge in [0.1, 0.15) is 17.1 Å². The summed E-state index contributed by atoms with van der Waals surface area (Å²) < 4.78 is 16.1. The second kappa shape index (κ2) is 8.24. The minimum absolute atomic E-state index is 0.180. The first-order valence-corrected chi connectivity index (χ1v) is 9.45. The molecule has 2 heterocycles. The highest BCUT2D eigenvalue weighted by molar-refractivity contribution is 5.94. The number of carbonyl (C=O) groups excluding carboxylic acids is 1. The Bertz CT molecular complexity index is 1220. The quantitative estimate of drug-likeness (QED) is 0.452. The minimum Gasteiger partial charge on any atom is -0.484 e. The van der Waals surface area contributed by atoms with Crippen molar-refractivity contribution in [2.24, 2.45) is 0 Å². The predicted molar refractivity (Wildman–Crippen MR) is 112 cm³/mol. The van der Waals surface area contributed by atoms with Crippen molar-refractivity contribution in [3.05, 3.63) is 88.1 Å². The van der Waals surface area contributed by atoms with Crippen LogP contribution in [0.3, 0.4) is 0 Å². The summed E-state index contributed by atoms with van der Waals surface area (Å²) in [6, 6.07) is 17.5. The van der Waals surface area contributed by atoms with E-state index in [-0.39, 0.29) is 12.5 Å². The molecule has 0 aliphatic rings. The number of ether oxygens (including phenoxy) is 1. The van der Waals surface area contributed by atoms with Crippen LogP contribution >= 0.6 is 0 Å². The number of anilines is 1. The standard InChI is InChI=1S/C23H20N2O5/c1-15-20(16(2)30-24-15)13-25(18-6-4-3-5-7-18)22(26)14-28-19-10-8-17-9-11-23(27)29-21(17)12-19/h3-12H,13-14H2,1-2H3. The highest BCUT2D eigenvalue weighted by atomic mass is 16.5.